The molecule has 1 aromatic carbocycles. The summed E-state index contributed by atoms with van der Waals surface area (Å²) in [5.74, 6) is -1.18. The summed E-state index contributed by atoms with van der Waals surface area (Å²) in [5.41, 5.74) is -0.768. The van der Waals surface area contributed by atoms with Crippen LogP contribution in [0, 0.1) is 5.21 Å². The Bertz CT molecular complexity index is 694. The van der Waals surface area contributed by atoms with Gasteiger partial charge in [-0.05, 0) is 12.1 Å². The molecule has 0 atom stereocenters. The fourth-order valence-corrected chi connectivity index (χ4v) is 1.79. The fourth-order valence-electron chi connectivity index (χ4n) is 1.79. The highest BCUT2D eigenvalue weighted by molar-refractivity contribution is 5.89. The lowest BCUT2D eigenvalue weighted by molar-refractivity contribution is -0.602. The smallest absolute Gasteiger partial charge is 0.412 e. The Morgan fingerprint density at radius 1 is 1.25 bits per heavy atom. The maximum Gasteiger partial charge on any atom is 0.412 e. The molecule has 0 radical (unpaired) electrons. The summed E-state index contributed by atoms with van der Waals surface area (Å²) in [4.78, 5) is 25.8. The van der Waals surface area contributed by atoms with Crippen LogP contribution in [-0.2, 0) is 4.74 Å². The third-order valence-electron chi connectivity index (χ3n) is 2.69. The van der Waals surface area contributed by atoms with Crippen molar-refractivity contribution in [3.05, 3.63) is 51.6 Å². The minimum atomic E-state index is -0.858. The maximum absolute atomic E-state index is 12.2. The van der Waals surface area contributed by atoms with Gasteiger partial charge in [0, 0.05) is 0 Å². The number of ether oxygens (including phenoxy) is 2. The average Bonchev–Trinajstić information content (AvgIpc) is 2.47. The minimum Gasteiger partial charge on any atom is -0.615 e. The number of esters is 1. The van der Waals surface area contributed by atoms with Crippen molar-refractivity contribution in [3.8, 4) is 17.1 Å². The van der Waals surface area contributed by atoms with E-state index in [1.807, 2.05) is 0 Å². The summed E-state index contributed by atoms with van der Waals surface area (Å²) in [6.07, 6.45) is 0. The van der Waals surface area contributed by atoms with Crippen LogP contribution >= 0.6 is 0 Å². The van der Waals surface area contributed by atoms with Crippen molar-refractivity contribution < 1.29 is 19.0 Å². The molecule has 0 fully saturated rings. The van der Waals surface area contributed by atoms with Gasteiger partial charge in [0.15, 0.2) is 0 Å². The van der Waals surface area contributed by atoms with E-state index in [2.05, 4.69) is 9.72 Å². The van der Waals surface area contributed by atoms with Crippen molar-refractivity contribution in [2.24, 2.45) is 0 Å². The van der Waals surface area contributed by atoms with Gasteiger partial charge in [-0.3, -0.25) is 4.79 Å². The molecular formula is C13H12N2O5. The van der Waals surface area contributed by atoms with E-state index in [1.54, 1.807) is 30.3 Å². The average molecular weight is 276 g/mol. The normalized spacial score (nSPS) is 10.1. The molecular weight excluding hydrogens is 264 g/mol. The number of aromatic nitrogens is 2. The summed E-state index contributed by atoms with van der Waals surface area (Å²) in [6.45, 7) is 0. The van der Waals surface area contributed by atoms with Crippen LogP contribution in [0.3, 0.4) is 0 Å². The first kappa shape index (κ1) is 13.6. The SMILES string of the molecule is COC(=O)c1[nH]c(=O)c(-c2ccccc2)[n+]([O-])c1OC. The zero-order valence-corrected chi connectivity index (χ0v) is 10.9. The van der Waals surface area contributed by atoms with Crippen LogP contribution in [0.4, 0.5) is 0 Å². The highest BCUT2D eigenvalue weighted by Gasteiger charge is 2.28. The Labute approximate surface area is 114 Å². The molecule has 0 aliphatic carbocycles. The Morgan fingerprint density at radius 2 is 1.90 bits per heavy atom. The first-order valence-corrected chi connectivity index (χ1v) is 5.67. The molecule has 0 aliphatic heterocycles. The van der Waals surface area contributed by atoms with Crippen molar-refractivity contribution in [2.45, 2.75) is 0 Å². The quantitative estimate of drug-likeness (QED) is 0.499. The van der Waals surface area contributed by atoms with Crippen LogP contribution in [-0.4, -0.2) is 25.2 Å². The van der Waals surface area contributed by atoms with E-state index >= 15 is 0 Å². The Balaban J connectivity index is 2.74. The number of hydrogen-bond donors (Lipinski definition) is 1. The van der Waals surface area contributed by atoms with Crippen molar-refractivity contribution >= 4 is 5.97 Å². The molecule has 0 amide bonds. The van der Waals surface area contributed by atoms with Crippen LogP contribution < -0.4 is 15.0 Å². The summed E-state index contributed by atoms with van der Waals surface area (Å²) >= 11 is 0. The number of methoxy groups -OCH3 is 2. The largest absolute Gasteiger partial charge is 0.615 e. The molecule has 0 unspecified atom stereocenters. The number of hydrogen-bond acceptors (Lipinski definition) is 5. The van der Waals surface area contributed by atoms with Gasteiger partial charge in [0.2, 0.25) is 5.69 Å². The van der Waals surface area contributed by atoms with Crippen LogP contribution in [0.1, 0.15) is 10.5 Å². The number of carbonyl (C=O) groups is 1. The lowest BCUT2D eigenvalue weighted by atomic mass is 10.1. The van der Waals surface area contributed by atoms with E-state index in [-0.39, 0.29) is 22.0 Å². The monoisotopic (exact) mass is 276 g/mol. The summed E-state index contributed by atoms with van der Waals surface area (Å²) in [7, 11) is 2.36. The third-order valence-corrected chi connectivity index (χ3v) is 2.69. The molecule has 1 aromatic heterocycles. The third kappa shape index (κ3) is 2.20. The van der Waals surface area contributed by atoms with E-state index in [4.69, 9.17) is 4.74 Å². The van der Waals surface area contributed by atoms with Gasteiger partial charge in [0.25, 0.3) is 5.69 Å². The van der Waals surface area contributed by atoms with Crippen LogP contribution in [0.2, 0.25) is 0 Å². The molecule has 0 bridgehead atoms. The Kier molecular flexibility index (Phi) is 3.69. The molecule has 1 heterocycles. The van der Waals surface area contributed by atoms with Crippen molar-refractivity contribution in [3.63, 3.8) is 0 Å². The van der Waals surface area contributed by atoms with Gasteiger partial charge in [-0.2, -0.15) is 0 Å². The van der Waals surface area contributed by atoms with Crippen molar-refractivity contribution in [1.29, 1.82) is 0 Å². The van der Waals surface area contributed by atoms with Crippen molar-refractivity contribution in [2.75, 3.05) is 14.2 Å². The number of nitrogens with zero attached hydrogens (tertiary/aromatic N) is 1. The maximum atomic E-state index is 12.2. The van der Waals surface area contributed by atoms with Gasteiger partial charge in [0.1, 0.15) is 0 Å². The summed E-state index contributed by atoms with van der Waals surface area (Å²) < 4.78 is 9.67. The predicted molar refractivity (Wildman–Crippen MR) is 69.4 cm³/mol. The molecule has 0 spiro atoms. The lowest BCUT2D eigenvalue weighted by Gasteiger charge is -2.10. The number of rotatable bonds is 3. The second-order valence-electron chi connectivity index (χ2n) is 3.84. The molecule has 0 saturated heterocycles. The summed E-state index contributed by atoms with van der Waals surface area (Å²) in [6, 6.07) is 8.35. The topological polar surface area (TPSA) is 95.3 Å². The van der Waals surface area contributed by atoms with E-state index in [9.17, 15) is 14.8 Å². The number of carbonyl (C=O) groups excluding carboxylic acids is 1. The van der Waals surface area contributed by atoms with E-state index in [1.165, 1.54) is 7.11 Å². The number of nitrogens with one attached hydrogen (secondary N) is 1. The summed E-state index contributed by atoms with van der Waals surface area (Å²) in [5, 5.41) is 12.2. The van der Waals surface area contributed by atoms with E-state index in [0.29, 0.717) is 5.56 Å². The standard InChI is InChI=1S/C13H12N2O5/c1-19-12-9(13(17)20-2)14-11(16)10(15(12)18)8-6-4-3-5-7-8/h3-7H,1-2H3,(H,14,16). The van der Waals surface area contributed by atoms with Crippen molar-refractivity contribution in [1.82, 2.24) is 4.98 Å². The first-order chi connectivity index (χ1) is 9.60. The number of H-pyrrole nitrogens is 1. The fraction of sp³-hybridized carbons (Fsp3) is 0.154. The van der Waals surface area contributed by atoms with Gasteiger partial charge < -0.3 is 19.7 Å². The minimum absolute atomic E-state index is 0.157. The highest BCUT2D eigenvalue weighted by atomic mass is 16.6. The number of benzene rings is 1. The van der Waals surface area contributed by atoms with Crippen LogP contribution in [0.15, 0.2) is 35.1 Å². The van der Waals surface area contributed by atoms with E-state index < -0.39 is 11.5 Å². The Morgan fingerprint density at radius 3 is 2.45 bits per heavy atom. The van der Waals surface area contributed by atoms with E-state index in [0.717, 1.165) is 7.11 Å². The molecule has 0 aliphatic rings. The van der Waals surface area contributed by atoms with Crippen LogP contribution in [0.25, 0.3) is 11.3 Å². The van der Waals surface area contributed by atoms with Gasteiger partial charge in [-0.25, -0.2) is 4.79 Å². The Hall–Kier alpha value is -2.83. The van der Waals surface area contributed by atoms with Crippen LogP contribution in [0.5, 0.6) is 5.88 Å². The van der Waals surface area contributed by atoms with Gasteiger partial charge in [-0.15, -0.1) is 4.73 Å². The second kappa shape index (κ2) is 5.43. The number of aromatic amines is 1. The van der Waals surface area contributed by atoms with Gasteiger partial charge in [0.05, 0.1) is 19.8 Å². The second-order valence-corrected chi connectivity index (χ2v) is 3.84. The molecule has 0 saturated carbocycles. The molecule has 1 N–H and O–H groups in total. The van der Waals surface area contributed by atoms with Gasteiger partial charge in [-0.1, -0.05) is 18.2 Å². The lowest BCUT2D eigenvalue weighted by Crippen LogP contribution is -2.40. The molecule has 104 valence electrons. The first-order valence-electron chi connectivity index (χ1n) is 5.67. The molecule has 7 nitrogen and oxygen atoms in total. The molecule has 20 heavy (non-hydrogen) atoms. The molecule has 7 heteroatoms. The molecule has 2 aromatic rings. The predicted octanol–water partition coefficient (Wildman–Crippen LogP) is 0.471. The zero-order chi connectivity index (χ0) is 14.7. The zero-order valence-electron chi connectivity index (χ0n) is 10.9. The van der Waals surface area contributed by atoms with Gasteiger partial charge >= 0.3 is 17.4 Å². The highest BCUT2D eigenvalue weighted by Crippen LogP contribution is 2.16. The molecule has 2 rings (SSSR count).